The van der Waals surface area contributed by atoms with Crippen molar-refractivity contribution in [1.29, 1.82) is 0 Å². The molecule has 100 valence electrons. The highest BCUT2D eigenvalue weighted by Gasteiger charge is 2.32. The molecule has 1 N–H and O–H groups in total. The Balaban J connectivity index is 1.58. The van der Waals surface area contributed by atoms with Crippen LogP contribution in [-0.2, 0) is 0 Å². The molecule has 1 aromatic rings. The van der Waals surface area contributed by atoms with E-state index in [9.17, 15) is 0 Å². The molecule has 3 heterocycles. The molecule has 0 bridgehead atoms. The average Bonchev–Trinajstić information content (AvgIpc) is 3.06. The number of thiophene rings is 1. The van der Waals surface area contributed by atoms with Crippen LogP contribution in [0.2, 0.25) is 0 Å². The molecule has 3 atom stereocenters. The largest absolute Gasteiger partial charge is 0.306 e. The van der Waals surface area contributed by atoms with Crippen molar-refractivity contribution in [3.63, 3.8) is 0 Å². The molecule has 0 saturated carbocycles. The van der Waals surface area contributed by atoms with Gasteiger partial charge in [0.25, 0.3) is 0 Å². The number of hydrogen-bond donors (Lipinski definition) is 1. The maximum Gasteiger partial charge on any atom is 0.0414 e. The van der Waals surface area contributed by atoms with E-state index >= 15 is 0 Å². The third-order valence-electron chi connectivity index (χ3n) is 4.55. The predicted octanol–water partition coefficient (Wildman–Crippen LogP) is 3.42. The Labute approximate surface area is 114 Å². The molecule has 18 heavy (non-hydrogen) atoms. The van der Waals surface area contributed by atoms with Gasteiger partial charge in [-0.2, -0.15) is 0 Å². The molecule has 1 aromatic heterocycles. The molecule has 0 amide bonds. The molecular formula is C15H24N2S. The molecule has 2 fully saturated rings. The SMILES string of the molecule is CCC(NC1CCN2CCCC2C1)c1cccs1. The fraction of sp³-hybridized carbons (Fsp3) is 0.733. The second-order valence-electron chi connectivity index (χ2n) is 5.70. The first kappa shape index (κ1) is 12.6. The van der Waals surface area contributed by atoms with Gasteiger partial charge in [-0.15, -0.1) is 11.3 Å². The highest BCUT2D eigenvalue weighted by Crippen LogP contribution is 2.29. The second-order valence-corrected chi connectivity index (χ2v) is 6.68. The Bertz CT molecular complexity index is 363. The standard InChI is InChI=1S/C15H24N2S/c1-2-14(15-6-4-10-18-15)16-12-7-9-17-8-3-5-13(17)11-12/h4,6,10,12-14,16H,2-3,5,7-9,11H2,1H3. The third-order valence-corrected chi connectivity index (χ3v) is 5.54. The number of hydrogen-bond acceptors (Lipinski definition) is 3. The van der Waals surface area contributed by atoms with Crippen LogP contribution in [0.4, 0.5) is 0 Å². The van der Waals surface area contributed by atoms with E-state index in [2.05, 4.69) is 34.7 Å². The first-order valence-electron chi connectivity index (χ1n) is 7.40. The highest BCUT2D eigenvalue weighted by atomic mass is 32.1. The van der Waals surface area contributed by atoms with Gasteiger partial charge >= 0.3 is 0 Å². The molecule has 2 aliphatic heterocycles. The molecule has 2 aliphatic rings. The van der Waals surface area contributed by atoms with Crippen LogP contribution in [0.5, 0.6) is 0 Å². The van der Waals surface area contributed by atoms with Crippen LogP contribution < -0.4 is 5.32 Å². The molecule has 3 unspecified atom stereocenters. The average molecular weight is 264 g/mol. The molecule has 0 spiro atoms. The van der Waals surface area contributed by atoms with Crippen molar-refractivity contribution < 1.29 is 0 Å². The lowest BCUT2D eigenvalue weighted by Gasteiger charge is -2.36. The number of nitrogens with zero attached hydrogens (tertiary/aromatic N) is 1. The van der Waals surface area contributed by atoms with Gasteiger partial charge in [0.2, 0.25) is 0 Å². The Hall–Kier alpha value is -0.380. The van der Waals surface area contributed by atoms with Gasteiger partial charge in [-0.1, -0.05) is 13.0 Å². The molecule has 0 radical (unpaired) electrons. The maximum absolute atomic E-state index is 3.90. The molecule has 2 saturated heterocycles. The van der Waals surface area contributed by atoms with E-state index in [0.717, 1.165) is 12.1 Å². The summed E-state index contributed by atoms with van der Waals surface area (Å²) >= 11 is 1.89. The van der Waals surface area contributed by atoms with Crippen molar-refractivity contribution in [2.24, 2.45) is 0 Å². The summed E-state index contributed by atoms with van der Waals surface area (Å²) < 4.78 is 0. The summed E-state index contributed by atoms with van der Waals surface area (Å²) in [6.07, 6.45) is 6.74. The first-order chi connectivity index (χ1) is 8.86. The van der Waals surface area contributed by atoms with E-state index in [1.165, 1.54) is 50.1 Å². The van der Waals surface area contributed by atoms with Crippen LogP contribution >= 0.6 is 11.3 Å². The minimum Gasteiger partial charge on any atom is -0.306 e. The summed E-state index contributed by atoms with van der Waals surface area (Å²) in [5, 5.41) is 6.10. The van der Waals surface area contributed by atoms with Gasteiger partial charge < -0.3 is 10.2 Å². The van der Waals surface area contributed by atoms with E-state index in [-0.39, 0.29) is 0 Å². The van der Waals surface area contributed by atoms with Crippen molar-refractivity contribution >= 4 is 11.3 Å². The predicted molar refractivity (Wildman–Crippen MR) is 78.1 cm³/mol. The lowest BCUT2D eigenvalue weighted by atomic mass is 9.96. The topological polar surface area (TPSA) is 15.3 Å². The van der Waals surface area contributed by atoms with Gasteiger partial charge in [0.05, 0.1) is 0 Å². The van der Waals surface area contributed by atoms with Crippen molar-refractivity contribution in [2.75, 3.05) is 13.1 Å². The van der Waals surface area contributed by atoms with Crippen LogP contribution in [0, 0.1) is 0 Å². The van der Waals surface area contributed by atoms with Gasteiger partial charge in [-0.3, -0.25) is 0 Å². The van der Waals surface area contributed by atoms with Gasteiger partial charge in [0.15, 0.2) is 0 Å². The molecule has 3 heteroatoms. The molecule has 3 rings (SSSR count). The fourth-order valence-electron chi connectivity index (χ4n) is 3.55. The monoisotopic (exact) mass is 264 g/mol. The van der Waals surface area contributed by atoms with Crippen LogP contribution in [0.3, 0.4) is 0 Å². The number of nitrogens with one attached hydrogen (secondary N) is 1. The van der Waals surface area contributed by atoms with E-state index < -0.39 is 0 Å². The van der Waals surface area contributed by atoms with Crippen molar-refractivity contribution in [3.05, 3.63) is 22.4 Å². The van der Waals surface area contributed by atoms with Gasteiger partial charge in [0, 0.05) is 23.0 Å². The Kier molecular flexibility index (Phi) is 4.02. The summed E-state index contributed by atoms with van der Waals surface area (Å²) in [5.74, 6) is 0. The molecule has 2 nitrogen and oxygen atoms in total. The van der Waals surface area contributed by atoms with E-state index in [1.54, 1.807) is 0 Å². The fourth-order valence-corrected chi connectivity index (χ4v) is 4.42. The number of rotatable bonds is 4. The smallest absolute Gasteiger partial charge is 0.0414 e. The van der Waals surface area contributed by atoms with Crippen LogP contribution in [0.25, 0.3) is 0 Å². The van der Waals surface area contributed by atoms with Crippen LogP contribution in [-0.4, -0.2) is 30.1 Å². The minimum atomic E-state index is 0.572. The molecule has 0 aliphatic carbocycles. The van der Waals surface area contributed by atoms with Crippen molar-refractivity contribution in [1.82, 2.24) is 10.2 Å². The molecular weight excluding hydrogens is 240 g/mol. The van der Waals surface area contributed by atoms with Crippen LogP contribution in [0.15, 0.2) is 17.5 Å². The van der Waals surface area contributed by atoms with Crippen molar-refractivity contribution in [2.45, 2.75) is 57.2 Å². The van der Waals surface area contributed by atoms with E-state index in [4.69, 9.17) is 0 Å². The van der Waals surface area contributed by atoms with E-state index in [0.29, 0.717) is 6.04 Å². The second kappa shape index (κ2) is 5.72. The summed E-state index contributed by atoms with van der Waals surface area (Å²) in [5.41, 5.74) is 0. The van der Waals surface area contributed by atoms with Crippen molar-refractivity contribution in [3.8, 4) is 0 Å². The normalized spacial score (nSPS) is 30.3. The Morgan fingerprint density at radius 2 is 2.39 bits per heavy atom. The highest BCUT2D eigenvalue weighted by molar-refractivity contribution is 7.10. The van der Waals surface area contributed by atoms with Gasteiger partial charge in [-0.25, -0.2) is 0 Å². The summed E-state index contributed by atoms with van der Waals surface area (Å²) in [7, 11) is 0. The first-order valence-corrected chi connectivity index (χ1v) is 8.28. The minimum absolute atomic E-state index is 0.572. The quantitative estimate of drug-likeness (QED) is 0.896. The number of piperidine rings is 1. The summed E-state index contributed by atoms with van der Waals surface area (Å²) in [6, 6.07) is 6.62. The van der Waals surface area contributed by atoms with E-state index in [1.807, 2.05) is 11.3 Å². The summed E-state index contributed by atoms with van der Waals surface area (Å²) in [6.45, 7) is 4.95. The summed E-state index contributed by atoms with van der Waals surface area (Å²) in [4.78, 5) is 4.20. The lowest BCUT2D eigenvalue weighted by Crippen LogP contribution is -2.46. The number of fused-ring (bicyclic) bond motifs is 1. The Morgan fingerprint density at radius 1 is 1.44 bits per heavy atom. The van der Waals surface area contributed by atoms with Gasteiger partial charge in [0.1, 0.15) is 0 Å². The Morgan fingerprint density at radius 3 is 3.17 bits per heavy atom. The zero-order chi connectivity index (χ0) is 12.4. The van der Waals surface area contributed by atoms with Crippen LogP contribution in [0.1, 0.15) is 49.9 Å². The third kappa shape index (κ3) is 2.63. The zero-order valence-electron chi connectivity index (χ0n) is 11.3. The lowest BCUT2D eigenvalue weighted by molar-refractivity contribution is 0.160. The van der Waals surface area contributed by atoms with Gasteiger partial charge in [-0.05, 0) is 56.6 Å². The zero-order valence-corrected chi connectivity index (χ0v) is 12.1. The maximum atomic E-state index is 3.90. The molecule has 0 aromatic carbocycles.